The molecule has 1 heterocycles. The number of rotatable bonds is 5. The maximum absolute atomic E-state index is 12.5. The topological polar surface area (TPSA) is 63.4 Å². The third-order valence-corrected chi connectivity index (χ3v) is 4.25. The smallest absolute Gasteiger partial charge is 0.227 e. The first kappa shape index (κ1) is 16.2. The van der Waals surface area contributed by atoms with E-state index >= 15 is 0 Å². The van der Waals surface area contributed by atoms with E-state index in [1.807, 2.05) is 37.3 Å². The number of carbonyl (C=O) groups is 2. The van der Waals surface area contributed by atoms with Crippen LogP contribution < -0.4 is 0 Å². The van der Waals surface area contributed by atoms with Crippen LogP contribution in [0.2, 0.25) is 0 Å². The molecule has 1 aliphatic carbocycles. The molecule has 0 spiro atoms. The fourth-order valence-corrected chi connectivity index (χ4v) is 2.98. The minimum atomic E-state index is -0.0886. The summed E-state index contributed by atoms with van der Waals surface area (Å²) in [4.78, 5) is 26.3. The number of carbonyl (C=O) groups excluding carboxylic acids is 2. The van der Waals surface area contributed by atoms with Crippen LogP contribution >= 0.6 is 0 Å². The Bertz CT molecular complexity index is 790. The minimum Gasteiger partial charge on any atom is -0.361 e. The van der Waals surface area contributed by atoms with Gasteiger partial charge in [0, 0.05) is 25.1 Å². The fourth-order valence-electron chi connectivity index (χ4n) is 2.98. The lowest BCUT2D eigenvalue weighted by atomic mass is 10.00. The number of hydrogen-bond acceptors (Lipinski definition) is 4. The second-order valence-electron chi connectivity index (χ2n) is 6.10. The van der Waals surface area contributed by atoms with Gasteiger partial charge in [-0.2, -0.15) is 0 Å². The van der Waals surface area contributed by atoms with Crippen LogP contribution in [0.1, 0.15) is 36.3 Å². The average molecular weight is 324 g/mol. The Morgan fingerprint density at radius 1 is 1.25 bits per heavy atom. The predicted octanol–water partition coefficient (Wildman–Crippen LogP) is 3.15. The Morgan fingerprint density at radius 2 is 2.00 bits per heavy atom. The van der Waals surface area contributed by atoms with E-state index in [0.29, 0.717) is 36.4 Å². The van der Waals surface area contributed by atoms with Crippen LogP contribution in [0.25, 0.3) is 5.57 Å². The summed E-state index contributed by atoms with van der Waals surface area (Å²) in [6, 6.07) is 11.6. The quantitative estimate of drug-likeness (QED) is 0.847. The van der Waals surface area contributed by atoms with Gasteiger partial charge in [-0.15, -0.1) is 0 Å². The highest BCUT2D eigenvalue weighted by Crippen LogP contribution is 2.33. The molecule has 1 aliphatic rings. The number of aromatic nitrogens is 1. The molecule has 0 unspecified atom stereocenters. The summed E-state index contributed by atoms with van der Waals surface area (Å²) in [5.41, 5.74) is 3.38. The van der Waals surface area contributed by atoms with E-state index in [0.717, 1.165) is 11.1 Å². The number of hydrogen-bond donors (Lipinski definition) is 0. The molecular weight excluding hydrogens is 304 g/mol. The summed E-state index contributed by atoms with van der Waals surface area (Å²) in [6.45, 7) is 2.19. The van der Waals surface area contributed by atoms with E-state index < -0.39 is 0 Å². The Hall–Kier alpha value is -2.69. The molecule has 2 aromatic rings. The lowest BCUT2D eigenvalue weighted by Crippen LogP contribution is -2.27. The number of benzene rings is 1. The molecule has 0 radical (unpaired) electrons. The number of ketones is 1. The molecule has 124 valence electrons. The van der Waals surface area contributed by atoms with E-state index in [4.69, 9.17) is 4.52 Å². The molecule has 1 amide bonds. The number of aryl methyl sites for hydroxylation is 1. The molecule has 0 saturated heterocycles. The van der Waals surface area contributed by atoms with Crippen LogP contribution in [0.15, 0.2) is 46.5 Å². The van der Waals surface area contributed by atoms with Gasteiger partial charge in [0.15, 0.2) is 5.78 Å². The molecule has 24 heavy (non-hydrogen) atoms. The van der Waals surface area contributed by atoms with Crippen molar-refractivity contribution >= 4 is 17.3 Å². The molecule has 3 rings (SSSR count). The Morgan fingerprint density at radius 3 is 2.67 bits per heavy atom. The van der Waals surface area contributed by atoms with E-state index in [9.17, 15) is 9.59 Å². The molecule has 0 atom stereocenters. The molecule has 0 fully saturated rings. The van der Waals surface area contributed by atoms with Crippen LogP contribution in [0.5, 0.6) is 0 Å². The largest absolute Gasteiger partial charge is 0.361 e. The number of amides is 1. The number of allylic oxidation sites excluding steroid dienone is 1. The second-order valence-corrected chi connectivity index (χ2v) is 6.10. The van der Waals surface area contributed by atoms with Gasteiger partial charge in [0.05, 0.1) is 13.0 Å². The van der Waals surface area contributed by atoms with Crippen molar-refractivity contribution in [1.29, 1.82) is 0 Å². The second kappa shape index (κ2) is 6.83. The first-order valence-corrected chi connectivity index (χ1v) is 8.01. The molecule has 0 bridgehead atoms. The Kier molecular flexibility index (Phi) is 4.60. The highest BCUT2D eigenvalue weighted by atomic mass is 16.5. The third kappa shape index (κ3) is 3.45. The van der Waals surface area contributed by atoms with Crippen LogP contribution in [0.4, 0.5) is 0 Å². The molecule has 0 N–H and O–H groups in total. The van der Waals surface area contributed by atoms with Crippen molar-refractivity contribution in [3.8, 4) is 0 Å². The van der Waals surface area contributed by atoms with Crippen LogP contribution in [0, 0.1) is 6.92 Å². The van der Waals surface area contributed by atoms with Gasteiger partial charge in [0.1, 0.15) is 11.5 Å². The van der Waals surface area contributed by atoms with Gasteiger partial charge in [0.2, 0.25) is 5.91 Å². The van der Waals surface area contributed by atoms with Gasteiger partial charge in [-0.05, 0) is 24.5 Å². The summed E-state index contributed by atoms with van der Waals surface area (Å²) < 4.78 is 5.02. The number of Topliss-reactive ketones (excluding diaryl/α,β-unsaturated/α-hetero) is 1. The van der Waals surface area contributed by atoms with Crippen molar-refractivity contribution in [2.24, 2.45) is 0 Å². The molecule has 5 heteroatoms. The van der Waals surface area contributed by atoms with Crippen molar-refractivity contribution < 1.29 is 14.1 Å². The average Bonchev–Trinajstić information content (AvgIpc) is 3.14. The normalized spacial score (nSPS) is 14.3. The van der Waals surface area contributed by atoms with Crippen molar-refractivity contribution in [3.63, 3.8) is 0 Å². The van der Waals surface area contributed by atoms with Gasteiger partial charge in [0.25, 0.3) is 0 Å². The van der Waals surface area contributed by atoms with Gasteiger partial charge >= 0.3 is 0 Å². The van der Waals surface area contributed by atoms with Gasteiger partial charge < -0.3 is 9.42 Å². The van der Waals surface area contributed by atoms with Gasteiger partial charge in [-0.3, -0.25) is 9.59 Å². The Balaban J connectivity index is 1.75. The fraction of sp³-hybridized carbons (Fsp3) is 0.316. The first-order valence-electron chi connectivity index (χ1n) is 8.01. The molecule has 0 saturated carbocycles. The monoisotopic (exact) mass is 324 g/mol. The van der Waals surface area contributed by atoms with E-state index in [2.05, 4.69) is 5.16 Å². The molecule has 5 nitrogen and oxygen atoms in total. The highest BCUT2D eigenvalue weighted by Gasteiger charge is 2.26. The number of nitrogens with zero attached hydrogens (tertiary/aromatic N) is 2. The molecule has 1 aromatic heterocycles. The predicted molar refractivity (Wildman–Crippen MR) is 89.9 cm³/mol. The molecule has 1 aromatic carbocycles. The maximum atomic E-state index is 12.5. The first-order chi connectivity index (χ1) is 11.5. The van der Waals surface area contributed by atoms with Crippen LogP contribution in [-0.4, -0.2) is 28.8 Å². The summed E-state index contributed by atoms with van der Waals surface area (Å²) in [6.07, 6.45) is 1.33. The lowest BCUT2D eigenvalue weighted by Gasteiger charge is -2.16. The van der Waals surface area contributed by atoms with E-state index in [-0.39, 0.29) is 18.1 Å². The minimum absolute atomic E-state index is 0.0767. The van der Waals surface area contributed by atoms with Crippen molar-refractivity contribution in [2.75, 3.05) is 7.05 Å². The van der Waals surface area contributed by atoms with Gasteiger partial charge in [-0.1, -0.05) is 35.5 Å². The van der Waals surface area contributed by atoms with E-state index in [1.165, 1.54) is 0 Å². The highest BCUT2D eigenvalue weighted by molar-refractivity contribution is 6.10. The van der Waals surface area contributed by atoms with Gasteiger partial charge in [-0.25, -0.2) is 0 Å². The van der Waals surface area contributed by atoms with Crippen molar-refractivity contribution in [2.45, 2.75) is 32.7 Å². The van der Waals surface area contributed by atoms with Crippen molar-refractivity contribution in [3.05, 3.63) is 59.0 Å². The zero-order valence-corrected chi connectivity index (χ0v) is 13.9. The molecule has 0 aliphatic heterocycles. The maximum Gasteiger partial charge on any atom is 0.227 e. The van der Waals surface area contributed by atoms with Crippen LogP contribution in [0.3, 0.4) is 0 Å². The summed E-state index contributed by atoms with van der Waals surface area (Å²) in [5.74, 6) is 0.702. The van der Waals surface area contributed by atoms with Crippen LogP contribution in [-0.2, 0) is 16.1 Å². The summed E-state index contributed by atoms with van der Waals surface area (Å²) in [7, 11) is 1.72. The SMILES string of the molecule is Cc1cc(CN(C)C(=O)CC2=C(c3ccccc3)CCC2=O)no1. The third-order valence-electron chi connectivity index (χ3n) is 4.25. The van der Waals surface area contributed by atoms with E-state index in [1.54, 1.807) is 18.0 Å². The summed E-state index contributed by atoms with van der Waals surface area (Å²) in [5, 5.41) is 3.90. The standard InChI is InChI=1S/C19H20N2O3/c1-13-10-15(20-24-13)12-21(2)19(23)11-17-16(8-9-18(17)22)14-6-4-3-5-7-14/h3-7,10H,8-9,11-12H2,1-2H3. The zero-order chi connectivity index (χ0) is 17.1. The summed E-state index contributed by atoms with van der Waals surface area (Å²) >= 11 is 0. The Labute approximate surface area is 140 Å². The molecular formula is C19H20N2O3. The lowest BCUT2D eigenvalue weighted by molar-refractivity contribution is -0.130. The zero-order valence-electron chi connectivity index (χ0n) is 13.9. The van der Waals surface area contributed by atoms with Crippen molar-refractivity contribution in [1.82, 2.24) is 10.1 Å².